The van der Waals surface area contributed by atoms with Crippen LogP contribution in [0, 0.1) is 5.92 Å². The lowest BCUT2D eigenvalue weighted by molar-refractivity contribution is -0.143. The summed E-state index contributed by atoms with van der Waals surface area (Å²) in [5.74, 6) is -1.03. The zero-order valence-electron chi connectivity index (χ0n) is 12.2. The molecule has 0 spiro atoms. The molecule has 2 aliphatic rings. The smallest absolute Gasteiger partial charge is 0.306 e. The predicted molar refractivity (Wildman–Crippen MR) is 77.9 cm³/mol. The quantitative estimate of drug-likeness (QED) is 0.897. The molecule has 1 fully saturated rings. The largest absolute Gasteiger partial charge is 0.481 e. The maximum absolute atomic E-state index is 12.5. The third-order valence-electron chi connectivity index (χ3n) is 4.47. The second-order valence-corrected chi connectivity index (χ2v) is 6.06. The number of hydrogen-bond acceptors (Lipinski definition) is 3. The van der Waals surface area contributed by atoms with E-state index in [1.54, 1.807) is 4.90 Å². The lowest BCUT2D eigenvalue weighted by Gasteiger charge is -2.30. The molecule has 5 heteroatoms. The van der Waals surface area contributed by atoms with Gasteiger partial charge in [-0.1, -0.05) is 6.07 Å². The van der Waals surface area contributed by atoms with E-state index >= 15 is 0 Å². The first-order chi connectivity index (χ1) is 10.0. The van der Waals surface area contributed by atoms with Gasteiger partial charge < -0.3 is 10.0 Å². The minimum Gasteiger partial charge on any atom is -0.481 e. The van der Waals surface area contributed by atoms with E-state index in [0.717, 1.165) is 18.7 Å². The Morgan fingerprint density at radius 1 is 1.14 bits per heavy atom. The van der Waals surface area contributed by atoms with Crippen LogP contribution in [-0.2, 0) is 17.9 Å². The number of amides is 1. The van der Waals surface area contributed by atoms with Crippen molar-refractivity contribution >= 4 is 11.9 Å². The number of likely N-dealkylation sites (tertiary alicyclic amines) is 1. The van der Waals surface area contributed by atoms with Gasteiger partial charge in [-0.05, 0) is 43.1 Å². The van der Waals surface area contributed by atoms with Crippen LogP contribution in [0.25, 0.3) is 0 Å². The Bertz CT molecular complexity index is 577. The molecule has 5 nitrogen and oxygen atoms in total. The first-order valence-electron chi connectivity index (χ1n) is 7.37. The highest BCUT2D eigenvalue weighted by Gasteiger charge is 2.28. The van der Waals surface area contributed by atoms with Crippen LogP contribution in [0.1, 0.15) is 34.3 Å². The number of carbonyl (C=O) groups excluding carboxylic acids is 1. The number of piperidine rings is 1. The fourth-order valence-corrected chi connectivity index (χ4v) is 3.21. The standard InChI is InChI=1S/C16H20N2O3/c1-17-9-13-3-2-12(8-14(13)10-17)15(19)18-6-4-11(5-7-18)16(20)21/h2-3,8,11H,4-7,9-10H2,1H3,(H,20,21). The van der Waals surface area contributed by atoms with Crippen LogP contribution >= 0.6 is 0 Å². The van der Waals surface area contributed by atoms with Crippen molar-refractivity contribution in [1.82, 2.24) is 9.80 Å². The first-order valence-corrected chi connectivity index (χ1v) is 7.37. The van der Waals surface area contributed by atoms with Gasteiger partial charge in [-0.2, -0.15) is 0 Å². The lowest BCUT2D eigenvalue weighted by Crippen LogP contribution is -2.40. The molecule has 1 N–H and O–H groups in total. The fourth-order valence-electron chi connectivity index (χ4n) is 3.21. The Hall–Kier alpha value is -1.88. The SMILES string of the molecule is CN1Cc2ccc(C(=O)N3CCC(C(=O)O)CC3)cc2C1. The molecule has 0 unspecified atom stereocenters. The van der Waals surface area contributed by atoms with Crippen molar-refractivity contribution in [2.45, 2.75) is 25.9 Å². The van der Waals surface area contributed by atoms with Crippen molar-refractivity contribution < 1.29 is 14.7 Å². The van der Waals surface area contributed by atoms with Crippen molar-refractivity contribution in [1.29, 1.82) is 0 Å². The molecule has 0 radical (unpaired) electrons. The summed E-state index contributed by atoms with van der Waals surface area (Å²) >= 11 is 0. The maximum Gasteiger partial charge on any atom is 0.306 e. The summed E-state index contributed by atoms with van der Waals surface area (Å²) in [5.41, 5.74) is 3.24. The molecule has 0 saturated carbocycles. The number of carbonyl (C=O) groups is 2. The number of fused-ring (bicyclic) bond motifs is 1. The second-order valence-electron chi connectivity index (χ2n) is 6.06. The molecule has 1 aromatic carbocycles. The van der Waals surface area contributed by atoms with Crippen LogP contribution in [0.5, 0.6) is 0 Å². The molecule has 0 bridgehead atoms. The van der Waals surface area contributed by atoms with Gasteiger partial charge in [0.25, 0.3) is 5.91 Å². The highest BCUT2D eigenvalue weighted by molar-refractivity contribution is 5.94. The van der Waals surface area contributed by atoms with Gasteiger partial charge in [0.05, 0.1) is 5.92 Å². The number of carboxylic acid groups (broad SMARTS) is 1. The molecule has 1 aromatic rings. The van der Waals surface area contributed by atoms with Crippen LogP contribution in [0.3, 0.4) is 0 Å². The van der Waals surface area contributed by atoms with Crippen molar-refractivity contribution in [3.8, 4) is 0 Å². The first kappa shape index (κ1) is 14.1. The van der Waals surface area contributed by atoms with Crippen LogP contribution in [0.2, 0.25) is 0 Å². The van der Waals surface area contributed by atoms with E-state index in [1.165, 1.54) is 11.1 Å². The third-order valence-corrected chi connectivity index (χ3v) is 4.47. The molecule has 1 amide bonds. The summed E-state index contributed by atoms with van der Waals surface area (Å²) in [5, 5.41) is 9.00. The van der Waals surface area contributed by atoms with Gasteiger partial charge in [0, 0.05) is 31.7 Å². The average molecular weight is 288 g/mol. The van der Waals surface area contributed by atoms with E-state index in [-0.39, 0.29) is 11.8 Å². The van der Waals surface area contributed by atoms with E-state index in [0.29, 0.717) is 25.9 Å². The van der Waals surface area contributed by atoms with E-state index < -0.39 is 5.97 Å². The fraction of sp³-hybridized carbons (Fsp3) is 0.500. The summed E-state index contributed by atoms with van der Waals surface area (Å²) < 4.78 is 0. The van der Waals surface area contributed by atoms with Gasteiger partial charge in [-0.25, -0.2) is 0 Å². The number of rotatable bonds is 2. The van der Waals surface area contributed by atoms with Crippen molar-refractivity contribution in [2.24, 2.45) is 5.92 Å². The molecule has 112 valence electrons. The van der Waals surface area contributed by atoms with Gasteiger partial charge in [0.1, 0.15) is 0 Å². The molecule has 21 heavy (non-hydrogen) atoms. The Kier molecular flexibility index (Phi) is 3.68. The van der Waals surface area contributed by atoms with Crippen LogP contribution in [0.4, 0.5) is 0 Å². The van der Waals surface area contributed by atoms with E-state index in [4.69, 9.17) is 5.11 Å². The highest BCUT2D eigenvalue weighted by Crippen LogP contribution is 2.24. The number of carboxylic acids is 1. The zero-order valence-corrected chi connectivity index (χ0v) is 12.2. The van der Waals surface area contributed by atoms with Crippen molar-refractivity contribution in [2.75, 3.05) is 20.1 Å². The van der Waals surface area contributed by atoms with Crippen LogP contribution in [0.15, 0.2) is 18.2 Å². The minimum absolute atomic E-state index is 0.0243. The van der Waals surface area contributed by atoms with Gasteiger partial charge >= 0.3 is 5.97 Å². The molecule has 2 aliphatic heterocycles. The molecular weight excluding hydrogens is 268 g/mol. The van der Waals surface area contributed by atoms with E-state index in [9.17, 15) is 9.59 Å². The average Bonchev–Trinajstić information content (AvgIpc) is 2.85. The lowest BCUT2D eigenvalue weighted by atomic mass is 9.96. The summed E-state index contributed by atoms with van der Waals surface area (Å²) in [7, 11) is 2.07. The second kappa shape index (κ2) is 5.48. The molecule has 3 rings (SSSR count). The van der Waals surface area contributed by atoms with E-state index in [1.807, 2.05) is 18.2 Å². The van der Waals surface area contributed by atoms with Crippen molar-refractivity contribution in [3.05, 3.63) is 34.9 Å². The van der Waals surface area contributed by atoms with Gasteiger partial charge in [0.2, 0.25) is 0 Å². The number of aliphatic carboxylic acids is 1. The molecule has 0 atom stereocenters. The summed E-state index contributed by atoms with van der Waals surface area (Å²) in [6.07, 6.45) is 1.10. The Morgan fingerprint density at radius 3 is 2.48 bits per heavy atom. The third kappa shape index (κ3) is 2.78. The number of nitrogens with zero attached hydrogens (tertiary/aromatic N) is 2. The Labute approximate surface area is 124 Å². The molecular formula is C16H20N2O3. The summed E-state index contributed by atoms with van der Waals surface area (Å²) in [6.45, 7) is 2.89. The number of hydrogen-bond donors (Lipinski definition) is 1. The Morgan fingerprint density at radius 2 is 1.81 bits per heavy atom. The molecule has 1 saturated heterocycles. The maximum atomic E-state index is 12.5. The molecule has 0 aliphatic carbocycles. The molecule has 2 heterocycles. The van der Waals surface area contributed by atoms with Gasteiger partial charge in [-0.15, -0.1) is 0 Å². The predicted octanol–water partition coefficient (Wildman–Crippen LogP) is 1.57. The summed E-state index contributed by atoms with van der Waals surface area (Å²) in [4.78, 5) is 27.5. The minimum atomic E-state index is -0.748. The topological polar surface area (TPSA) is 60.9 Å². The van der Waals surface area contributed by atoms with Gasteiger partial charge in [-0.3, -0.25) is 14.5 Å². The Balaban J connectivity index is 1.69. The van der Waals surface area contributed by atoms with Crippen LogP contribution in [-0.4, -0.2) is 46.9 Å². The zero-order chi connectivity index (χ0) is 15.0. The monoisotopic (exact) mass is 288 g/mol. The number of benzene rings is 1. The summed E-state index contributed by atoms with van der Waals surface area (Å²) in [6, 6.07) is 5.92. The molecule has 0 aromatic heterocycles. The van der Waals surface area contributed by atoms with Crippen molar-refractivity contribution in [3.63, 3.8) is 0 Å². The van der Waals surface area contributed by atoms with E-state index in [2.05, 4.69) is 11.9 Å². The van der Waals surface area contributed by atoms with Crippen LogP contribution < -0.4 is 0 Å². The normalized spacial score (nSPS) is 19.6. The highest BCUT2D eigenvalue weighted by atomic mass is 16.4. The van der Waals surface area contributed by atoms with Gasteiger partial charge in [0.15, 0.2) is 0 Å².